The zero-order valence-corrected chi connectivity index (χ0v) is 8.73. The molecule has 2 aliphatic carbocycles. The van der Waals surface area contributed by atoms with Gasteiger partial charge in [0.1, 0.15) is 0 Å². The minimum atomic E-state index is -1.17. The number of carbonyl (C=O) groups is 1. The summed E-state index contributed by atoms with van der Waals surface area (Å²) in [6, 6.07) is 0. The maximum Gasteiger partial charge on any atom is 0.332 e. The molecule has 14 heavy (non-hydrogen) atoms. The van der Waals surface area contributed by atoms with Gasteiger partial charge in [0.2, 0.25) is 0 Å². The lowest BCUT2D eigenvalue weighted by molar-refractivity contribution is -0.154. The molecule has 2 fully saturated rings. The van der Waals surface area contributed by atoms with E-state index in [1.165, 1.54) is 6.42 Å². The number of hydrogen-bond acceptors (Lipinski definition) is 2. The lowest BCUT2D eigenvalue weighted by Gasteiger charge is -2.39. The third-order valence-corrected chi connectivity index (χ3v) is 4.49. The summed E-state index contributed by atoms with van der Waals surface area (Å²) in [6.07, 6.45) is 2.26. The van der Waals surface area contributed by atoms with Crippen molar-refractivity contribution in [2.45, 2.75) is 39.2 Å². The number of aliphatic carboxylic acids is 1. The molecule has 2 rings (SSSR count). The lowest BCUT2D eigenvalue weighted by Crippen LogP contribution is -2.42. The normalized spacial score (nSPS) is 41.2. The van der Waals surface area contributed by atoms with E-state index < -0.39 is 12.1 Å². The topological polar surface area (TPSA) is 57.5 Å². The molecular formula is C11H18O3. The molecule has 0 aromatic rings. The van der Waals surface area contributed by atoms with Gasteiger partial charge < -0.3 is 10.2 Å². The van der Waals surface area contributed by atoms with Gasteiger partial charge in [-0.05, 0) is 36.5 Å². The molecule has 4 atom stereocenters. The quantitative estimate of drug-likeness (QED) is 0.707. The summed E-state index contributed by atoms with van der Waals surface area (Å²) in [5.74, 6) is -0.0537. The van der Waals surface area contributed by atoms with Crippen molar-refractivity contribution in [2.75, 3.05) is 0 Å². The third-order valence-electron chi connectivity index (χ3n) is 4.49. The van der Waals surface area contributed by atoms with Crippen molar-refractivity contribution >= 4 is 5.97 Å². The average molecular weight is 198 g/mol. The van der Waals surface area contributed by atoms with E-state index in [4.69, 9.17) is 5.11 Å². The van der Waals surface area contributed by atoms with E-state index in [1.54, 1.807) is 0 Å². The number of aliphatic hydroxyl groups excluding tert-OH is 1. The molecule has 2 saturated carbocycles. The Kier molecular flexibility index (Phi) is 2.11. The fraction of sp³-hybridized carbons (Fsp3) is 0.909. The smallest absolute Gasteiger partial charge is 0.332 e. The van der Waals surface area contributed by atoms with E-state index in [0.717, 1.165) is 12.8 Å². The predicted molar refractivity (Wildman–Crippen MR) is 51.7 cm³/mol. The van der Waals surface area contributed by atoms with Crippen molar-refractivity contribution in [2.24, 2.45) is 23.2 Å². The van der Waals surface area contributed by atoms with Gasteiger partial charge in [-0.2, -0.15) is 0 Å². The van der Waals surface area contributed by atoms with Crippen molar-refractivity contribution in [1.29, 1.82) is 0 Å². The molecule has 0 saturated heterocycles. The van der Waals surface area contributed by atoms with Crippen LogP contribution in [0.3, 0.4) is 0 Å². The molecule has 2 aliphatic rings. The van der Waals surface area contributed by atoms with Gasteiger partial charge in [-0.25, -0.2) is 4.79 Å². The van der Waals surface area contributed by atoms with Crippen molar-refractivity contribution in [3.05, 3.63) is 0 Å². The zero-order valence-electron chi connectivity index (χ0n) is 8.73. The predicted octanol–water partition coefficient (Wildman–Crippen LogP) is 1.50. The van der Waals surface area contributed by atoms with Gasteiger partial charge in [0.05, 0.1) is 0 Å². The summed E-state index contributed by atoms with van der Waals surface area (Å²) in [6.45, 7) is 4.21. The number of aliphatic hydroxyl groups is 1. The fourth-order valence-electron chi connectivity index (χ4n) is 3.72. The van der Waals surface area contributed by atoms with Crippen LogP contribution in [-0.2, 0) is 4.79 Å². The summed E-state index contributed by atoms with van der Waals surface area (Å²) < 4.78 is 0. The van der Waals surface area contributed by atoms with Crippen molar-refractivity contribution in [3.63, 3.8) is 0 Å². The first-order chi connectivity index (χ1) is 6.44. The number of rotatable bonds is 2. The van der Waals surface area contributed by atoms with Crippen LogP contribution in [0.2, 0.25) is 0 Å². The molecule has 80 valence electrons. The summed E-state index contributed by atoms with van der Waals surface area (Å²) in [5, 5.41) is 18.5. The number of carboxylic acid groups (broad SMARTS) is 1. The average Bonchev–Trinajstić information content (AvgIpc) is 2.60. The Morgan fingerprint density at radius 1 is 1.43 bits per heavy atom. The maximum atomic E-state index is 10.8. The molecule has 3 nitrogen and oxygen atoms in total. The first-order valence-electron chi connectivity index (χ1n) is 5.35. The molecule has 2 bridgehead atoms. The van der Waals surface area contributed by atoms with E-state index in [9.17, 15) is 9.90 Å². The minimum Gasteiger partial charge on any atom is -0.479 e. The summed E-state index contributed by atoms with van der Waals surface area (Å²) in [5.41, 5.74) is 0.000718. The van der Waals surface area contributed by atoms with E-state index in [2.05, 4.69) is 13.8 Å². The Hall–Kier alpha value is -0.570. The van der Waals surface area contributed by atoms with Gasteiger partial charge in [-0.15, -0.1) is 0 Å². The first kappa shape index (κ1) is 9.97. The summed E-state index contributed by atoms with van der Waals surface area (Å²) >= 11 is 0. The molecule has 0 aromatic heterocycles. The Labute approximate surface area is 84.1 Å². The van der Waals surface area contributed by atoms with Gasteiger partial charge in [-0.1, -0.05) is 13.8 Å². The molecule has 0 aliphatic heterocycles. The molecule has 0 amide bonds. The Morgan fingerprint density at radius 2 is 2.07 bits per heavy atom. The van der Waals surface area contributed by atoms with Crippen LogP contribution >= 0.6 is 0 Å². The number of hydrogen-bond donors (Lipinski definition) is 2. The van der Waals surface area contributed by atoms with Crippen molar-refractivity contribution < 1.29 is 15.0 Å². The van der Waals surface area contributed by atoms with Crippen LogP contribution in [0.25, 0.3) is 0 Å². The Balaban J connectivity index is 2.23. The monoisotopic (exact) mass is 198 g/mol. The van der Waals surface area contributed by atoms with Crippen molar-refractivity contribution in [1.82, 2.24) is 0 Å². The third kappa shape index (κ3) is 1.18. The van der Waals surface area contributed by atoms with E-state index >= 15 is 0 Å². The molecule has 2 N–H and O–H groups in total. The van der Waals surface area contributed by atoms with Gasteiger partial charge in [0.15, 0.2) is 6.10 Å². The molecular weight excluding hydrogens is 180 g/mol. The van der Waals surface area contributed by atoms with Gasteiger partial charge in [-0.3, -0.25) is 0 Å². The van der Waals surface area contributed by atoms with Crippen LogP contribution in [0.1, 0.15) is 33.1 Å². The van der Waals surface area contributed by atoms with Gasteiger partial charge in [0.25, 0.3) is 0 Å². The second kappa shape index (κ2) is 2.96. The van der Waals surface area contributed by atoms with Crippen molar-refractivity contribution in [3.8, 4) is 0 Å². The summed E-state index contributed by atoms with van der Waals surface area (Å²) in [4.78, 5) is 10.8. The molecule has 0 radical (unpaired) electrons. The largest absolute Gasteiger partial charge is 0.479 e. The van der Waals surface area contributed by atoms with Crippen LogP contribution in [-0.4, -0.2) is 22.3 Å². The number of carboxylic acids is 1. The van der Waals surface area contributed by atoms with Crippen LogP contribution in [0.5, 0.6) is 0 Å². The fourth-order valence-corrected chi connectivity index (χ4v) is 3.72. The van der Waals surface area contributed by atoms with Gasteiger partial charge in [0, 0.05) is 5.92 Å². The second-order valence-electron chi connectivity index (χ2n) is 5.40. The molecule has 0 heterocycles. The zero-order chi connectivity index (χ0) is 10.5. The van der Waals surface area contributed by atoms with Crippen LogP contribution in [0.15, 0.2) is 0 Å². The SMILES string of the molecule is CC1(C)C2CCC(C2)C1C(O)C(=O)O. The summed E-state index contributed by atoms with van der Waals surface area (Å²) in [7, 11) is 0. The molecule has 3 heteroatoms. The first-order valence-corrected chi connectivity index (χ1v) is 5.35. The lowest BCUT2D eigenvalue weighted by atomic mass is 9.66. The molecule has 0 aromatic carbocycles. The highest BCUT2D eigenvalue weighted by Gasteiger charge is 2.56. The number of fused-ring (bicyclic) bond motifs is 2. The minimum absolute atomic E-state index is 0.000718. The Bertz CT molecular complexity index is 259. The highest BCUT2D eigenvalue weighted by molar-refractivity contribution is 5.72. The van der Waals surface area contributed by atoms with Crippen LogP contribution in [0.4, 0.5) is 0 Å². The standard InChI is InChI=1S/C11H18O3/c1-11(2)7-4-3-6(5-7)8(11)9(12)10(13)14/h6-9,12H,3-5H2,1-2H3,(H,13,14). The van der Waals surface area contributed by atoms with E-state index in [1.807, 2.05) is 0 Å². The van der Waals surface area contributed by atoms with Gasteiger partial charge >= 0.3 is 5.97 Å². The molecule has 4 unspecified atom stereocenters. The Morgan fingerprint density at radius 3 is 2.50 bits per heavy atom. The van der Waals surface area contributed by atoms with E-state index in [-0.39, 0.29) is 11.3 Å². The second-order valence-corrected chi connectivity index (χ2v) is 5.40. The maximum absolute atomic E-state index is 10.8. The van der Waals surface area contributed by atoms with Crippen LogP contribution in [0, 0.1) is 23.2 Å². The van der Waals surface area contributed by atoms with E-state index in [0.29, 0.717) is 11.8 Å². The van der Waals surface area contributed by atoms with Crippen LogP contribution < -0.4 is 0 Å². The molecule has 0 spiro atoms. The highest BCUT2D eigenvalue weighted by atomic mass is 16.4. The highest BCUT2D eigenvalue weighted by Crippen LogP contribution is 2.60.